The van der Waals surface area contributed by atoms with E-state index in [9.17, 15) is 4.79 Å². The maximum atomic E-state index is 12.4. The third-order valence-corrected chi connectivity index (χ3v) is 4.17. The van der Waals surface area contributed by atoms with Crippen LogP contribution in [0.15, 0.2) is 59.4 Å². The number of rotatable bonds is 5. The van der Waals surface area contributed by atoms with Crippen molar-refractivity contribution in [1.29, 1.82) is 5.26 Å². The summed E-state index contributed by atoms with van der Waals surface area (Å²) >= 11 is 0. The molecule has 0 atom stereocenters. The number of pyridine rings is 1. The van der Waals surface area contributed by atoms with Crippen LogP contribution in [-0.4, -0.2) is 22.6 Å². The number of amides is 1. The molecule has 0 aliphatic heterocycles. The van der Waals surface area contributed by atoms with Gasteiger partial charge in [-0.1, -0.05) is 31.1 Å². The lowest BCUT2D eigenvalue weighted by atomic mass is 9.85. The molecule has 2 aromatic heterocycles. The highest BCUT2D eigenvalue weighted by molar-refractivity contribution is 5.92. The minimum atomic E-state index is -0.331. The molecule has 1 aromatic carbocycles. The molecular formula is C20H18N4O2. The van der Waals surface area contributed by atoms with Crippen LogP contribution < -0.4 is 5.32 Å². The molecule has 1 N–H and O–H groups in total. The van der Waals surface area contributed by atoms with E-state index in [0.717, 1.165) is 11.1 Å². The van der Waals surface area contributed by atoms with E-state index in [1.807, 2.05) is 32.0 Å². The summed E-state index contributed by atoms with van der Waals surface area (Å²) in [4.78, 5) is 16.4. The molecule has 0 aliphatic rings. The van der Waals surface area contributed by atoms with Crippen molar-refractivity contribution in [2.24, 2.45) is 0 Å². The number of hydrogen-bond acceptors (Lipinski definition) is 5. The Morgan fingerprint density at radius 1 is 1.23 bits per heavy atom. The summed E-state index contributed by atoms with van der Waals surface area (Å²) in [6, 6.07) is 14.5. The zero-order valence-electron chi connectivity index (χ0n) is 14.6. The number of nitrogens with one attached hydrogen (secondary N) is 1. The van der Waals surface area contributed by atoms with Crippen molar-refractivity contribution < 1.29 is 9.32 Å². The Bertz CT molecular complexity index is 955. The SMILES string of the molecule is CC(C)(CNC(=O)c1cc(-c2cccc(C#N)c2)no1)c1ccncc1. The van der Waals surface area contributed by atoms with Gasteiger partial charge in [0.05, 0.1) is 11.6 Å². The predicted octanol–water partition coefficient (Wildman–Crippen LogP) is 3.32. The summed E-state index contributed by atoms with van der Waals surface area (Å²) < 4.78 is 5.17. The Balaban J connectivity index is 1.70. The molecule has 0 aliphatic carbocycles. The van der Waals surface area contributed by atoms with Crippen molar-refractivity contribution in [3.05, 3.63) is 71.7 Å². The van der Waals surface area contributed by atoms with Gasteiger partial charge in [-0.05, 0) is 29.8 Å². The molecule has 0 saturated heterocycles. The summed E-state index contributed by atoms with van der Waals surface area (Å²) in [7, 11) is 0. The molecule has 130 valence electrons. The monoisotopic (exact) mass is 346 g/mol. The lowest BCUT2D eigenvalue weighted by Gasteiger charge is -2.25. The minimum absolute atomic E-state index is 0.132. The number of carbonyl (C=O) groups is 1. The molecule has 0 bridgehead atoms. The number of aromatic nitrogens is 2. The van der Waals surface area contributed by atoms with Gasteiger partial charge in [0.15, 0.2) is 0 Å². The molecule has 6 nitrogen and oxygen atoms in total. The molecule has 0 spiro atoms. The second-order valence-electron chi connectivity index (χ2n) is 6.57. The molecular weight excluding hydrogens is 328 g/mol. The number of nitriles is 1. The molecule has 3 aromatic rings. The molecule has 3 rings (SSSR count). The van der Waals surface area contributed by atoms with Crippen molar-refractivity contribution in [3.8, 4) is 17.3 Å². The maximum Gasteiger partial charge on any atom is 0.289 e. The number of benzene rings is 1. The van der Waals surface area contributed by atoms with E-state index in [0.29, 0.717) is 17.8 Å². The van der Waals surface area contributed by atoms with Gasteiger partial charge in [0.2, 0.25) is 5.76 Å². The third-order valence-electron chi connectivity index (χ3n) is 4.17. The van der Waals surface area contributed by atoms with Gasteiger partial charge in [0, 0.05) is 36.0 Å². The molecule has 26 heavy (non-hydrogen) atoms. The van der Waals surface area contributed by atoms with Crippen LogP contribution in [0, 0.1) is 11.3 Å². The summed E-state index contributed by atoms with van der Waals surface area (Å²) in [6.07, 6.45) is 3.47. The standard InChI is InChI=1S/C20H18N4O2/c1-20(2,16-6-8-22-9-7-16)13-23-19(25)18-11-17(24-26-18)15-5-3-4-14(10-15)12-21/h3-11H,13H2,1-2H3,(H,23,25). The van der Waals surface area contributed by atoms with Crippen LogP contribution in [-0.2, 0) is 5.41 Å². The molecule has 0 radical (unpaired) electrons. The smallest absolute Gasteiger partial charge is 0.289 e. The van der Waals surface area contributed by atoms with Crippen LogP contribution in [0.5, 0.6) is 0 Å². The van der Waals surface area contributed by atoms with E-state index in [4.69, 9.17) is 9.78 Å². The van der Waals surface area contributed by atoms with Crippen molar-refractivity contribution in [1.82, 2.24) is 15.5 Å². The average molecular weight is 346 g/mol. The average Bonchev–Trinajstić information content (AvgIpc) is 3.17. The quantitative estimate of drug-likeness (QED) is 0.765. The van der Waals surface area contributed by atoms with Crippen molar-refractivity contribution in [2.45, 2.75) is 19.3 Å². The van der Waals surface area contributed by atoms with Crippen LogP contribution in [0.4, 0.5) is 0 Å². The fourth-order valence-electron chi connectivity index (χ4n) is 2.56. The third kappa shape index (κ3) is 3.78. The molecule has 0 fully saturated rings. The van der Waals surface area contributed by atoms with Gasteiger partial charge < -0.3 is 9.84 Å². The second-order valence-corrected chi connectivity index (χ2v) is 6.57. The minimum Gasteiger partial charge on any atom is -0.350 e. The zero-order chi connectivity index (χ0) is 18.6. The Labute approximate surface area is 151 Å². The van der Waals surface area contributed by atoms with Gasteiger partial charge >= 0.3 is 0 Å². The highest BCUT2D eigenvalue weighted by Crippen LogP contribution is 2.22. The maximum absolute atomic E-state index is 12.4. The van der Waals surface area contributed by atoms with E-state index in [-0.39, 0.29) is 17.1 Å². The molecule has 0 saturated carbocycles. The highest BCUT2D eigenvalue weighted by atomic mass is 16.5. The van der Waals surface area contributed by atoms with E-state index in [2.05, 4.69) is 21.5 Å². The Morgan fingerprint density at radius 2 is 2.00 bits per heavy atom. The molecule has 1 amide bonds. The van der Waals surface area contributed by atoms with Gasteiger partial charge in [0.1, 0.15) is 5.69 Å². The lowest BCUT2D eigenvalue weighted by Crippen LogP contribution is -2.36. The molecule has 2 heterocycles. The largest absolute Gasteiger partial charge is 0.350 e. The summed E-state index contributed by atoms with van der Waals surface area (Å²) in [5.74, 6) is -0.199. The van der Waals surface area contributed by atoms with Crippen LogP contribution in [0.1, 0.15) is 35.5 Å². The van der Waals surface area contributed by atoms with Crippen LogP contribution in [0.3, 0.4) is 0 Å². The van der Waals surface area contributed by atoms with Crippen LogP contribution in [0.2, 0.25) is 0 Å². The molecule has 6 heteroatoms. The fourth-order valence-corrected chi connectivity index (χ4v) is 2.56. The van der Waals surface area contributed by atoms with Crippen LogP contribution >= 0.6 is 0 Å². The van der Waals surface area contributed by atoms with Crippen molar-refractivity contribution >= 4 is 5.91 Å². The van der Waals surface area contributed by atoms with Gasteiger partial charge in [-0.3, -0.25) is 9.78 Å². The second kappa shape index (κ2) is 7.19. The number of nitrogens with zero attached hydrogens (tertiary/aromatic N) is 3. The first-order valence-electron chi connectivity index (χ1n) is 8.15. The van der Waals surface area contributed by atoms with E-state index in [1.54, 1.807) is 36.7 Å². The summed E-state index contributed by atoms with van der Waals surface area (Å²) in [6.45, 7) is 4.53. The predicted molar refractivity (Wildman–Crippen MR) is 96.3 cm³/mol. The Hall–Kier alpha value is -3.46. The first kappa shape index (κ1) is 17.4. The topological polar surface area (TPSA) is 91.8 Å². The van der Waals surface area contributed by atoms with E-state index in [1.165, 1.54) is 0 Å². The first-order valence-corrected chi connectivity index (χ1v) is 8.15. The van der Waals surface area contributed by atoms with Crippen molar-refractivity contribution in [3.63, 3.8) is 0 Å². The fraction of sp³-hybridized carbons (Fsp3) is 0.200. The normalized spacial score (nSPS) is 11.0. The lowest BCUT2D eigenvalue weighted by molar-refractivity contribution is 0.0909. The van der Waals surface area contributed by atoms with E-state index < -0.39 is 0 Å². The number of hydrogen-bond donors (Lipinski definition) is 1. The van der Waals surface area contributed by atoms with Crippen LogP contribution in [0.25, 0.3) is 11.3 Å². The van der Waals surface area contributed by atoms with Gasteiger partial charge in [0.25, 0.3) is 5.91 Å². The molecule has 0 unspecified atom stereocenters. The Kier molecular flexibility index (Phi) is 4.81. The Morgan fingerprint density at radius 3 is 2.73 bits per heavy atom. The van der Waals surface area contributed by atoms with Gasteiger partial charge in [-0.15, -0.1) is 0 Å². The van der Waals surface area contributed by atoms with E-state index >= 15 is 0 Å². The van der Waals surface area contributed by atoms with Crippen molar-refractivity contribution in [2.75, 3.05) is 6.54 Å². The zero-order valence-corrected chi connectivity index (χ0v) is 14.6. The van der Waals surface area contributed by atoms with Gasteiger partial charge in [-0.25, -0.2) is 0 Å². The van der Waals surface area contributed by atoms with Gasteiger partial charge in [-0.2, -0.15) is 5.26 Å². The summed E-state index contributed by atoms with van der Waals surface area (Å²) in [5.41, 5.74) is 2.60. The summed E-state index contributed by atoms with van der Waals surface area (Å²) in [5, 5.41) is 15.8. The first-order chi connectivity index (χ1) is 12.5. The number of carbonyl (C=O) groups excluding carboxylic acids is 1. The highest BCUT2D eigenvalue weighted by Gasteiger charge is 2.23.